The number of hydrogen-bond donors (Lipinski definition) is 0. The summed E-state index contributed by atoms with van der Waals surface area (Å²) in [5, 5.41) is 17.7. The number of nitrogens with zero attached hydrogens (tertiary/aromatic N) is 8. The molecular formula is C29H28Cl2N8O3. The van der Waals surface area contributed by atoms with Crippen molar-refractivity contribution in [3.05, 3.63) is 96.0 Å². The summed E-state index contributed by atoms with van der Waals surface area (Å²) in [5.74, 6) is 0.187. The van der Waals surface area contributed by atoms with E-state index >= 15 is 0 Å². The van der Waals surface area contributed by atoms with Gasteiger partial charge in [0.1, 0.15) is 11.4 Å². The Labute approximate surface area is 252 Å². The molecule has 13 heteroatoms. The summed E-state index contributed by atoms with van der Waals surface area (Å²) in [7, 11) is 0. The predicted octanol–water partition coefficient (Wildman–Crippen LogP) is 4.53. The Kier molecular flexibility index (Phi) is 7.86. The van der Waals surface area contributed by atoms with Gasteiger partial charge in [-0.2, -0.15) is 20.4 Å². The first kappa shape index (κ1) is 27.8. The number of ketones is 1. The van der Waals surface area contributed by atoms with Crippen LogP contribution < -0.4 is 9.80 Å². The van der Waals surface area contributed by atoms with Crippen molar-refractivity contribution in [2.24, 2.45) is 0 Å². The highest BCUT2D eigenvalue weighted by Gasteiger charge is 2.32. The maximum atomic E-state index is 14.8. The van der Waals surface area contributed by atoms with E-state index in [1.807, 2.05) is 60.1 Å². The highest BCUT2D eigenvalue weighted by Crippen LogP contribution is 2.37. The highest BCUT2D eigenvalue weighted by molar-refractivity contribution is 6.19. The zero-order valence-electron chi connectivity index (χ0n) is 23.0. The van der Waals surface area contributed by atoms with E-state index in [4.69, 9.17) is 32.7 Å². The first-order valence-electron chi connectivity index (χ1n) is 13.3. The molecule has 216 valence electrons. The number of aromatic nitrogens is 6. The van der Waals surface area contributed by atoms with Gasteiger partial charge in [-0.15, -0.1) is 32.8 Å². The van der Waals surface area contributed by atoms with Crippen LogP contribution in [0.1, 0.15) is 27.0 Å². The molecule has 0 N–H and O–H groups in total. The number of rotatable bonds is 8. The van der Waals surface area contributed by atoms with Crippen molar-refractivity contribution in [1.29, 1.82) is 0 Å². The molecule has 2 aliphatic heterocycles. The van der Waals surface area contributed by atoms with Crippen molar-refractivity contribution in [3.8, 4) is 11.4 Å². The van der Waals surface area contributed by atoms with E-state index in [1.165, 1.54) is 9.59 Å². The van der Waals surface area contributed by atoms with Crippen LogP contribution in [0.15, 0.2) is 73.7 Å². The first-order chi connectivity index (χ1) is 20.5. The number of carbonyl (C=O) groups excluding carboxylic acids is 1. The van der Waals surface area contributed by atoms with Crippen LogP contribution in [0, 0.1) is 13.8 Å². The van der Waals surface area contributed by atoms with Gasteiger partial charge in [0.25, 0.3) is 0 Å². The van der Waals surface area contributed by atoms with E-state index in [0.717, 1.165) is 11.1 Å². The number of carbonyl (C=O) groups is 1. The molecule has 0 saturated carbocycles. The largest absolute Gasteiger partial charge is 0.477 e. The SMILES string of the molecule is Cc1cc(C(=O)c2cc(C)cc(N3CC=COC3CCl)c2-n2nccn2)c(-n2nccn2)c(N2CC=COC2CCl)c1. The van der Waals surface area contributed by atoms with Crippen LogP contribution in [0.5, 0.6) is 0 Å². The van der Waals surface area contributed by atoms with Gasteiger partial charge in [-0.05, 0) is 61.4 Å². The molecule has 11 nitrogen and oxygen atoms in total. The smallest absolute Gasteiger partial charge is 0.197 e. The number of aryl methyl sites for hydroxylation is 2. The van der Waals surface area contributed by atoms with Crippen LogP contribution in [-0.2, 0) is 9.47 Å². The van der Waals surface area contributed by atoms with Crippen LogP contribution in [0.3, 0.4) is 0 Å². The second-order valence-corrected chi connectivity index (χ2v) is 10.5. The van der Waals surface area contributed by atoms with Crippen molar-refractivity contribution in [2.75, 3.05) is 34.6 Å². The lowest BCUT2D eigenvalue weighted by Gasteiger charge is -2.35. The molecular weight excluding hydrogens is 579 g/mol. The quantitative estimate of drug-likeness (QED) is 0.211. The van der Waals surface area contributed by atoms with Gasteiger partial charge in [-0.25, -0.2) is 0 Å². The summed E-state index contributed by atoms with van der Waals surface area (Å²) in [6, 6.07) is 7.66. The van der Waals surface area contributed by atoms with Gasteiger partial charge in [0.2, 0.25) is 0 Å². The predicted molar refractivity (Wildman–Crippen MR) is 160 cm³/mol. The molecule has 2 aromatic carbocycles. The van der Waals surface area contributed by atoms with Crippen molar-refractivity contribution >= 4 is 40.4 Å². The zero-order chi connectivity index (χ0) is 29.2. The minimum atomic E-state index is -0.440. The summed E-state index contributed by atoms with van der Waals surface area (Å²) >= 11 is 12.6. The lowest BCUT2D eigenvalue weighted by atomic mass is 9.94. The Morgan fingerprint density at radius 2 is 1.14 bits per heavy atom. The average Bonchev–Trinajstić information content (AvgIpc) is 3.75. The molecule has 2 aromatic heterocycles. The molecule has 42 heavy (non-hydrogen) atoms. The lowest BCUT2D eigenvalue weighted by Crippen LogP contribution is -2.41. The molecule has 4 aromatic rings. The van der Waals surface area contributed by atoms with Crippen molar-refractivity contribution < 1.29 is 14.3 Å². The van der Waals surface area contributed by atoms with Crippen LogP contribution in [0.4, 0.5) is 11.4 Å². The summed E-state index contributed by atoms with van der Waals surface area (Å²) in [6.07, 6.45) is 12.5. The van der Waals surface area contributed by atoms with Crippen LogP contribution in [-0.4, -0.2) is 73.1 Å². The summed E-state index contributed by atoms with van der Waals surface area (Å²) < 4.78 is 11.6. The third-order valence-corrected chi connectivity index (χ3v) is 7.57. The van der Waals surface area contributed by atoms with Crippen LogP contribution in [0.25, 0.3) is 11.4 Å². The molecule has 0 radical (unpaired) electrons. The standard InChI is InChI=1S/C29H28Cl2N8O3/c1-19-13-21(27(38-32-5-6-33-38)23(15-19)36-9-3-11-41-25(36)17-30)29(40)22-14-20(2)16-24(28(22)39-34-7-8-35-39)37-10-4-12-42-26(37)18-31/h3-8,11-16,25-26H,9-10,17-18H2,1-2H3. The minimum Gasteiger partial charge on any atom is -0.477 e. The van der Waals surface area contributed by atoms with Gasteiger partial charge in [-0.3, -0.25) is 4.79 Å². The van der Waals surface area contributed by atoms with Crippen molar-refractivity contribution in [2.45, 2.75) is 26.3 Å². The van der Waals surface area contributed by atoms with Crippen molar-refractivity contribution in [1.82, 2.24) is 30.0 Å². The fourth-order valence-electron chi connectivity index (χ4n) is 5.27. The van der Waals surface area contributed by atoms with E-state index in [1.54, 1.807) is 37.3 Å². The third-order valence-electron chi connectivity index (χ3n) is 7.04. The molecule has 0 aliphatic carbocycles. The molecule has 0 amide bonds. The molecule has 0 spiro atoms. The molecule has 0 fully saturated rings. The third kappa shape index (κ3) is 5.10. The van der Waals surface area contributed by atoms with E-state index in [2.05, 4.69) is 20.4 Å². The Morgan fingerprint density at radius 1 is 0.738 bits per heavy atom. The van der Waals surface area contributed by atoms with E-state index < -0.39 is 12.5 Å². The minimum absolute atomic E-state index is 0.220. The van der Waals surface area contributed by atoms with Gasteiger partial charge in [0, 0.05) is 13.1 Å². The fourth-order valence-corrected chi connectivity index (χ4v) is 5.74. The number of anilines is 2. The molecule has 6 rings (SSSR count). The topological polar surface area (TPSA) is 103 Å². The van der Waals surface area contributed by atoms with E-state index in [0.29, 0.717) is 47.0 Å². The average molecular weight is 608 g/mol. The Balaban J connectivity index is 1.59. The van der Waals surface area contributed by atoms with E-state index in [9.17, 15) is 4.79 Å². The second-order valence-electron chi connectivity index (χ2n) is 9.86. The number of ether oxygens (including phenoxy) is 2. The molecule has 4 heterocycles. The maximum absolute atomic E-state index is 14.8. The lowest BCUT2D eigenvalue weighted by molar-refractivity contribution is 0.103. The van der Waals surface area contributed by atoms with E-state index in [-0.39, 0.29) is 17.5 Å². The van der Waals surface area contributed by atoms with Gasteiger partial charge in [0.15, 0.2) is 18.2 Å². The molecule has 0 bridgehead atoms. The van der Waals surface area contributed by atoms with Gasteiger partial charge >= 0.3 is 0 Å². The number of hydrogen-bond acceptors (Lipinski definition) is 9. The van der Waals surface area contributed by atoms with Gasteiger partial charge < -0.3 is 19.3 Å². The number of halogens is 2. The van der Waals surface area contributed by atoms with Gasteiger partial charge in [-0.1, -0.05) is 0 Å². The summed E-state index contributed by atoms with van der Waals surface area (Å²) in [4.78, 5) is 21.7. The molecule has 2 unspecified atom stereocenters. The van der Waals surface area contributed by atoms with Crippen LogP contribution >= 0.6 is 23.2 Å². The Hall–Kier alpha value is -4.35. The summed E-state index contributed by atoms with van der Waals surface area (Å²) in [6.45, 7) is 4.94. The Morgan fingerprint density at radius 3 is 1.52 bits per heavy atom. The molecule has 0 saturated heterocycles. The number of alkyl halides is 2. The van der Waals surface area contributed by atoms with Crippen molar-refractivity contribution in [3.63, 3.8) is 0 Å². The fraction of sp³-hybridized carbons (Fsp3) is 0.276. The Bertz CT molecular complexity index is 1520. The monoisotopic (exact) mass is 606 g/mol. The summed E-state index contributed by atoms with van der Waals surface area (Å²) in [5.41, 5.74) is 4.99. The second kappa shape index (κ2) is 11.9. The zero-order valence-corrected chi connectivity index (χ0v) is 24.5. The van der Waals surface area contributed by atoms with Crippen LogP contribution in [0.2, 0.25) is 0 Å². The van der Waals surface area contributed by atoms with Gasteiger partial charge in [0.05, 0.1) is 71.6 Å². The molecule has 2 aliphatic rings. The number of benzene rings is 2. The molecule has 2 atom stereocenters. The maximum Gasteiger partial charge on any atom is 0.197 e. The first-order valence-corrected chi connectivity index (χ1v) is 14.4. The normalized spacial score (nSPS) is 18.2. The highest BCUT2D eigenvalue weighted by atomic mass is 35.5.